The van der Waals surface area contributed by atoms with E-state index in [1.54, 1.807) is 0 Å². The van der Waals surface area contributed by atoms with E-state index in [4.69, 9.17) is 5.73 Å². The lowest BCUT2D eigenvalue weighted by Crippen LogP contribution is -2.58. The summed E-state index contributed by atoms with van der Waals surface area (Å²) in [6.45, 7) is 11.7. The van der Waals surface area contributed by atoms with E-state index in [0.717, 1.165) is 13.0 Å². The molecule has 0 spiro atoms. The van der Waals surface area contributed by atoms with Crippen molar-refractivity contribution in [3.8, 4) is 0 Å². The van der Waals surface area contributed by atoms with E-state index in [1.165, 1.54) is 25.7 Å². The molecule has 1 saturated heterocycles. The second-order valence-electron chi connectivity index (χ2n) is 6.98. The minimum atomic E-state index is -0.625. The monoisotopic (exact) mass is 283 g/mol. The molecule has 1 amide bonds. The van der Waals surface area contributed by atoms with Gasteiger partial charge in [-0.2, -0.15) is 0 Å². The number of amides is 1. The molecule has 0 aromatic carbocycles. The standard InChI is InChI=1S/C16H33N3O/c1-12(2)18-16(5,15(17)20)11-14(4)19-10-8-6-7-9-13(19)3/h12-14,18H,6-11H2,1-5H3,(H2,17,20). The Labute approximate surface area is 124 Å². The van der Waals surface area contributed by atoms with Crippen LogP contribution >= 0.6 is 0 Å². The summed E-state index contributed by atoms with van der Waals surface area (Å²) < 4.78 is 0. The average Bonchev–Trinajstić information content (AvgIpc) is 2.52. The molecule has 1 fully saturated rings. The quantitative estimate of drug-likeness (QED) is 0.786. The zero-order chi connectivity index (χ0) is 15.3. The number of nitrogens with two attached hydrogens (primary N) is 1. The van der Waals surface area contributed by atoms with E-state index in [2.05, 4.69) is 37.9 Å². The van der Waals surface area contributed by atoms with Crippen LogP contribution < -0.4 is 11.1 Å². The molecule has 1 rings (SSSR count). The molecular formula is C16H33N3O. The maximum Gasteiger partial charge on any atom is 0.237 e. The van der Waals surface area contributed by atoms with Gasteiger partial charge < -0.3 is 11.1 Å². The Morgan fingerprint density at radius 2 is 2.00 bits per heavy atom. The Morgan fingerprint density at radius 3 is 2.55 bits per heavy atom. The van der Waals surface area contributed by atoms with Crippen molar-refractivity contribution in [1.82, 2.24) is 10.2 Å². The van der Waals surface area contributed by atoms with Crippen LogP contribution in [0.2, 0.25) is 0 Å². The Morgan fingerprint density at radius 1 is 1.35 bits per heavy atom. The molecule has 1 aliphatic heterocycles. The van der Waals surface area contributed by atoms with E-state index in [1.807, 2.05) is 6.92 Å². The summed E-state index contributed by atoms with van der Waals surface area (Å²) in [5.41, 5.74) is 5.02. The van der Waals surface area contributed by atoms with Crippen LogP contribution in [0, 0.1) is 0 Å². The molecule has 1 heterocycles. The molecule has 0 radical (unpaired) electrons. The topological polar surface area (TPSA) is 58.4 Å². The fourth-order valence-electron chi connectivity index (χ4n) is 3.53. The highest BCUT2D eigenvalue weighted by Gasteiger charge is 2.35. The molecule has 0 saturated carbocycles. The van der Waals surface area contributed by atoms with Crippen molar-refractivity contribution < 1.29 is 4.79 Å². The molecule has 3 N–H and O–H groups in total. The van der Waals surface area contributed by atoms with Crippen LogP contribution in [0.15, 0.2) is 0 Å². The summed E-state index contributed by atoms with van der Waals surface area (Å²) in [4.78, 5) is 14.4. The van der Waals surface area contributed by atoms with Crippen LogP contribution in [0.25, 0.3) is 0 Å². The molecule has 3 unspecified atom stereocenters. The minimum Gasteiger partial charge on any atom is -0.368 e. The first kappa shape index (κ1) is 17.4. The first-order valence-corrected chi connectivity index (χ1v) is 8.09. The van der Waals surface area contributed by atoms with Crippen molar-refractivity contribution in [1.29, 1.82) is 0 Å². The highest BCUT2D eigenvalue weighted by Crippen LogP contribution is 2.24. The van der Waals surface area contributed by atoms with Crippen molar-refractivity contribution >= 4 is 5.91 Å². The number of rotatable bonds is 6. The minimum absolute atomic E-state index is 0.250. The van der Waals surface area contributed by atoms with Crippen LogP contribution in [-0.2, 0) is 4.79 Å². The first-order chi connectivity index (χ1) is 9.26. The lowest BCUT2D eigenvalue weighted by atomic mass is 9.90. The van der Waals surface area contributed by atoms with Crippen LogP contribution in [0.3, 0.4) is 0 Å². The summed E-state index contributed by atoms with van der Waals surface area (Å²) in [6, 6.07) is 1.22. The van der Waals surface area contributed by atoms with Gasteiger partial charge in [-0.3, -0.25) is 9.69 Å². The highest BCUT2D eigenvalue weighted by molar-refractivity contribution is 5.84. The van der Waals surface area contributed by atoms with Gasteiger partial charge in [-0.15, -0.1) is 0 Å². The molecule has 118 valence electrons. The summed E-state index contributed by atoms with van der Waals surface area (Å²) in [5.74, 6) is -0.250. The van der Waals surface area contributed by atoms with Gasteiger partial charge in [-0.25, -0.2) is 0 Å². The van der Waals surface area contributed by atoms with Crippen LogP contribution in [0.4, 0.5) is 0 Å². The van der Waals surface area contributed by atoms with Gasteiger partial charge >= 0.3 is 0 Å². The second kappa shape index (κ2) is 7.41. The molecule has 0 aromatic heterocycles. The number of likely N-dealkylation sites (tertiary alicyclic amines) is 1. The Hall–Kier alpha value is -0.610. The molecule has 3 atom stereocenters. The van der Waals surface area contributed by atoms with Crippen LogP contribution in [0.1, 0.15) is 66.7 Å². The van der Waals surface area contributed by atoms with Gasteiger partial charge in [-0.1, -0.05) is 12.8 Å². The number of primary amides is 1. The molecule has 0 bridgehead atoms. The number of hydrogen-bond donors (Lipinski definition) is 2. The Bertz CT molecular complexity index is 319. The molecule has 20 heavy (non-hydrogen) atoms. The maximum absolute atomic E-state index is 11.9. The van der Waals surface area contributed by atoms with Gasteiger partial charge in [0.1, 0.15) is 0 Å². The SMILES string of the molecule is CC(C)NC(C)(CC(C)N1CCCCCC1C)C(N)=O. The van der Waals surface area contributed by atoms with E-state index in [-0.39, 0.29) is 11.9 Å². The normalized spacial score (nSPS) is 26.0. The lowest BCUT2D eigenvalue weighted by molar-refractivity contribution is -0.125. The van der Waals surface area contributed by atoms with Crippen molar-refractivity contribution in [2.45, 2.75) is 90.4 Å². The van der Waals surface area contributed by atoms with Gasteiger partial charge in [0.15, 0.2) is 0 Å². The second-order valence-corrected chi connectivity index (χ2v) is 6.98. The van der Waals surface area contributed by atoms with E-state index in [9.17, 15) is 4.79 Å². The fourth-order valence-corrected chi connectivity index (χ4v) is 3.53. The Balaban J connectivity index is 2.73. The van der Waals surface area contributed by atoms with Gasteiger partial charge in [0.25, 0.3) is 0 Å². The van der Waals surface area contributed by atoms with Gasteiger partial charge in [-0.05, 0) is 60.4 Å². The predicted octanol–water partition coefficient (Wildman–Crippen LogP) is 2.27. The Kier molecular flexibility index (Phi) is 6.46. The molecule has 4 nitrogen and oxygen atoms in total. The number of carbonyl (C=O) groups excluding carboxylic acids is 1. The predicted molar refractivity (Wildman–Crippen MR) is 84.6 cm³/mol. The smallest absolute Gasteiger partial charge is 0.237 e. The number of carbonyl (C=O) groups is 1. The third-order valence-electron chi connectivity index (χ3n) is 4.53. The summed E-state index contributed by atoms with van der Waals surface area (Å²) in [7, 11) is 0. The molecule has 0 aromatic rings. The van der Waals surface area contributed by atoms with Crippen molar-refractivity contribution in [3.05, 3.63) is 0 Å². The van der Waals surface area contributed by atoms with Gasteiger partial charge in [0.05, 0.1) is 5.54 Å². The van der Waals surface area contributed by atoms with Crippen LogP contribution in [0.5, 0.6) is 0 Å². The zero-order valence-corrected chi connectivity index (χ0v) is 13.9. The maximum atomic E-state index is 11.9. The summed E-state index contributed by atoms with van der Waals surface area (Å²) in [5, 5.41) is 3.35. The number of nitrogens with one attached hydrogen (secondary N) is 1. The van der Waals surface area contributed by atoms with Crippen molar-refractivity contribution in [2.24, 2.45) is 5.73 Å². The molecule has 4 heteroatoms. The van der Waals surface area contributed by atoms with Crippen molar-refractivity contribution in [2.75, 3.05) is 6.54 Å². The van der Waals surface area contributed by atoms with Gasteiger partial charge in [0.2, 0.25) is 5.91 Å². The summed E-state index contributed by atoms with van der Waals surface area (Å²) in [6.07, 6.45) is 5.94. The summed E-state index contributed by atoms with van der Waals surface area (Å²) >= 11 is 0. The lowest BCUT2D eigenvalue weighted by Gasteiger charge is -2.39. The third kappa shape index (κ3) is 4.74. The zero-order valence-electron chi connectivity index (χ0n) is 13.9. The number of nitrogens with zero attached hydrogens (tertiary/aromatic N) is 1. The number of hydrogen-bond acceptors (Lipinski definition) is 3. The highest BCUT2D eigenvalue weighted by atomic mass is 16.1. The van der Waals surface area contributed by atoms with Gasteiger partial charge in [0, 0.05) is 18.1 Å². The largest absolute Gasteiger partial charge is 0.368 e. The molecular weight excluding hydrogens is 250 g/mol. The fraction of sp³-hybridized carbons (Fsp3) is 0.938. The first-order valence-electron chi connectivity index (χ1n) is 8.09. The van der Waals surface area contributed by atoms with E-state index < -0.39 is 5.54 Å². The average molecular weight is 283 g/mol. The molecule has 0 aliphatic carbocycles. The van der Waals surface area contributed by atoms with E-state index in [0.29, 0.717) is 12.1 Å². The van der Waals surface area contributed by atoms with Crippen molar-refractivity contribution in [3.63, 3.8) is 0 Å². The van der Waals surface area contributed by atoms with Crippen LogP contribution in [-0.4, -0.2) is 41.0 Å². The third-order valence-corrected chi connectivity index (χ3v) is 4.53. The molecule has 1 aliphatic rings. The van der Waals surface area contributed by atoms with E-state index >= 15 is 0 Å².